The van der Waals surface area contributed by atoms with E-state index in [1.54, 1.807) is 30.9 Å². The van der Waals surface area contributed by atoms with E-state index < -0.39 is 6.10 Å². The highest BCUT2D eigenvalue weighted by Gasteiger charge is 2.04. The van der Waals surface area contributed by atoms with Crippen LogP contribution in [-0.4, -0.2) is 10.1 Å². The summed E-state index contributed by atoms with van der Waals surface area (Å²) >= 11 is 13.4. The molecule has 18 heavy (non-hydrogen) atoms. The van der Waals surface area contributed by atoms with Crippen LogP contribution in [0.3, 0.4) is 0 Å². The van der Waals surface area contributed by atoms with Crippen molar-refractivity contribution in [2.24, 2.45) is 0 Å². The van der Waals surface area contributed by atoms with Gasteiger partial charge in [0.1, 0.15) is 0 Å². The molecule has 2 aromatic rings. The van der Waals surface area contributed by atoms with Gasteiger partial charge >= 0.3 is 0 Å². The summed E-state index contributed by atoms with van der Waals surface area (Å²) in [7, 11) is 0. The number of pyridine rings is 1. The van der Waals surface area contributed by atoms with Gasteiger partial charge in [0.25, 0.3) is 0 Å². The standard InChI is InChI=1S/C13H11Cl2NOS/c1-8(17)13-5-3-10(7-16-13)18-9-2-4-11(14)12(15)6-9/h2-8,17H,1H3. The Labute approximate surface area is 120 Å². The molecule has 1 aromatic heterocycles. The lowest BCUT2D eigenvalue weighted by atomic mass is 10.2. The van der Waals surface area contributed by atoms with Crippen molar-refractivity contribution in [2.75, 3.05) is 0 Å². The maximum Gasteiger partial charge on any atom is 0.0931 e. The van der Waals surface area contributed by atoms with Crippen LogP contribution in [0, 0.1) is 0 Å². The minimum Gasteiger partial charge on any atom is -0.387 e. The quantitative estimate of drug-likeness (QED) is 0.899. The van der Waals surface area contributed by atoms with E-state index in [9.17, 15) is 5.11 Å². The molecule has 0 radical (unpaired) electrons. The molecule has 1 N–H and O–H groups in total. The summed E-state index contributed by atoms with van der Waals surface area (Å²) in [5.41, 5.74) is 0.661. The molecule has 0 bridgehead atoms. The molecule has 2 rings (SSSR count). The zero-order valence-electron chi connectivity index (χ0n) is 9.60. The lowest BCUT2D eigenvalue weighted by Gasteiger charge is -2.06. The van der Waals surface area contributed by atoms with Crippen molar-refractivity contribution < 1.29 is 5.11 Å². The first kappa shape index (κ1) is 13.7. The van der Waals surface area contributed by atoms with Crippen molar-refractivity contribution in [1.82, 2.24) is 4.98 Å². The highest BCUT2D eigenvalue weighted by molar-refractivity contribution is 7.99. The number of benzene rings is 1. The fourth-order valence-corrected chi connectivity index (χ4v) is 2.56. The molecule has 0 spiro atoms. The van der Waals surface area contributed by atoms with Gasteiger partial charge in [0.05, 0.1) is 21.8 Å². The molecule has 2 nitrogen and oxygen atoms in total. The van der Waals surface area contributed by atoms with E-state index in [2.05, 4.69) is 4.98 Å². The molecule has 0 saturated carbocycles. The molecular formula is C13H11Cl2NOS. The molecule has 0 aliphatic rings. The summed E-state index contributed by atoms with van der Waals surface area (Å²) in [6, 6.07) is 9.22. The lowest BCUT2D eigenvalue weighted by Crippen LogP contribution is -1.94. The fourth-order valence-electron chi connectivity index (χ4n) is 1.38. The van der Waals surface area contributed by atoms with Gasteiger partial charge in [-0.1, -0.05) is 35.0 Å². The van der Waals surface area contributed by atoms with Crippen LogP contribution < -0.4 is 0 Å². The van der Waals surface area contributed by atoms with Crippen molar-refractivity contribution in [3.8, 4) is 0 Å². The monoisotopic (exact) mass is 299 g/mol. The predicted octanol–water partition coefficient (Wildman–Crippen LogP) is 4.59. The van der Waals surface area contributed by atoms with Crippen molar-refractivity contribution in [3.05, 3.63) is 52.3 Å². The topological polar surface area (TPSA) is 33.1 Å². The van der Waals surface area contributed by atoms with Gasteiger partial charge < -0.3 is 5.11 Å². The van der Waals surface area contributed by atoms with Crippen molar-refractivity contribution >= 4 is 35.0 Å². The Morgan fingerprint density at radius 2 is 1.83 bits per heavy atom. The van der Waals surface area contributed by atoms with E-state index in [1.165, 1.54) is 0 Å². The molecule has 0 aliphatic heterocycles. The number of rotatable bonds is 3. The molecule has 0 fully saturated rings. The van der Waals surface area contributed by atoms with E-state index >= 15 is 0 Å². The normalized spacial score (nSPS) is 12.4. The summed E-state index contributed by atoms with van der Waals surface area (Å²) in [6.07, 6.45) is 1.18. The van der Waals surface area contributed by atoms with Crippen LogP contribution in [0.2, 0.25) is 10.0 Å². The minimum atomic E-state index is -0.547. The zero-order valence-corrected chi connectivity index (χ0v) is 11.9. The third kappa shape index (κ3) is 3.39. The minimum absolute atomic E-state index is 0.537. The number of aliphatic hydroxyl groups excluding tert-OH is 1. The number of aliphatic hydroxyl groups is 1. The average molecular weight is 300 g/mol. The van der Waals surface area contributed by atoms with E-state index in [-0.39, 0.29) is 0 Å². The van der Waals surface area contributed by atoms with Crippen molar-refractivity contribution in [1.29, 1.82) is 0 Å². The number of aromatic nitrogens is 1. The van der Waals surface area contributed by atoms with Gasteiger partial charge in [0.15, 0.2) is 0 Å². The molecule has 1 aromatic carbocycles. The maximum atomic E-state index is 9.37. The van der Waals surface area contributed by atoms with Gasteiger partial charge in [0.2, 0.25) is 0 Å². The Morgan fingerprint density at radius 1 is 1.11 bits per heavy atom. The number of nitrogens with zero attached hydrogens (tertiary/aromatic N) is 1. The molecule has 5 heteroatoms. The second-order valence-electron chi connectivity index (χ2n) is 3.77. The first-order chi connectivity index (χ1) is 8.56. The molecule has 94 valence electrons. The third-order valence-corrected chi connectivity index (χ3v) is 4.02. The summed E-state index contributed by atoms with van der Waals surface area (Å²) < 4.78 is 0. The smallest absolute Gasteiger partial charge is 0.0931 e. The highest BCUT2D eigenvalue weighted by atomic mass is 35.5. The van der Waals surface area contributed by atoms with Crippen LogP contribution in [0.15, 0.2) is 46.3 Å². The Kier molecular flexibility index (Phi) is 4.51. The van der Waals surface area contributed by atoms with Crippen molar-refractivity contribution in [3.63, 3.8) is 0 Å². The molecular weight excluding hydrogens is 289 g/mol. The van der Waals surface area contributed by atoms with Gasteiger partial charge in [0, 0.05) is 16.0 Å². The van der Waals surface area contributed by atoms with Crippen LogP contribution in [0.4, 0.5) is 0 Å². The van der Waals surface area contributed by atoms with Crippen molar-refractivity contribution in [2.45, 2.75) is 22.8 Å². The van der Waals surface area contributed by atoms with Crippen LogP contribution >= 0.6 is 35.0 Å². The molecule has 0 aliphatic carbocycles. The SMILES string of the molecule is CC(O)c1ccc(Sc2ccc(Cl)c(Cl)c2)cn1. The van der Waals surface area contributed by atoms with E-state index in [4.69, 9.17) is 23.2 Å². The lowest BCUT2D eigenvalue weighted by molar-refractivity contribution is 0.194. The number of hydrogen-bond donors (Lipinski definition) is 1. The molecule has 1 heterocycles. The van der Waals surface area contributed by atoms with Gasteiger partial charge in [-0.2, -0.15) is 0 Å². The molecule has 1 unspecified atom stereocenters. The van der Waals surface area contributed by atoms with Gasteiger partial charge in [-0.05, 0) is 37.3 Å². The Hall–Kier alpha value is -0.740. The Bertz CT molecular complexity index is 543. The average Bonchev–Trinajstić information content (AvgIpc) is 2.34. The van der Waals surface area contributed by atoms with E-state index in [1.807, 2.05) is 24.3 Å². The second kappa shape index (κ2) is 5.93. The zero-order chi connectivity index (χ0) is 13.1. The highest BCUT2D eigenvalue weighted by Crippen LogP contribution is 2.32. The van der Waals surface area contributed by atoms with Crippen LogP contribution in [0.1, 0.15) is 18.7 Å². The van der Waals surface area contributed by atoms with Crippen LogP contribution in [0.25, 0.3) is 0 Å². The number of hydrogen-bond acceptors (Lipinski definition) is 3. The van der Waals surface area contributed by atoms with E-state index in [0.717, 1.165) is 9.79 Å². The van der Waals surface area contributed by atoms with Gasteiger partial charge in [-0.3, -0.25) is 4.98 Å². The first-order valence-corrected chi connectivity index (χ1v) is 6.90. The van der Waals surface area contributed by atoms with Crippen LogP contribution in [0.5, 0.6) is 0 Å². The summed E-state index contributed by atoms with van der Waals surface area (Å²) in [5, 5.41) is 10.5. The second-order valence-corrected chi connectivity index (χ2v) is 5.73. The Balaban J connectivity index is 2.15. The third-order valence-electron chi connectivity index (χ3n) is 2.31. The largest absolute Gasteiger partial charge is 0.387 e. The van der Waals surface area contributed by atoms with Gasteiger partial charge in [-0.15, -0.1) is 0 Å². The summed E-state index contributed by atoms with van der Waals surface area (Å²) in [6.45, 7) is 1.69. The molecule has 1 atom stereocenters. The predicted molar refractivity (Wildman–Crippen MR) is 75.5 cm³/mol. The molecule has 0 amide bonds. The van der Waals surface area contributed by atoms with Gasteiger partial charge in [-0.25, -0.2) is 0 Å². The van der Waals surface area contributed by atoms with Crippen LogP contribution in [-0.2, 0) is 0 Å². The first-order valence-electron chi connectivity index (χ1n) is 5.33. The maximum absolute atomic E-state index is 9.37. The van der Waals surface area contributed by atoms with E-state index in [0.29, 0.717) is 15.7 Å². The molecule has 0 saturated heterocycles. The number of halogens is 2. The summed E-state index contributed by atoms with van der Waals surface area (Å²) in [5.74, 6) is 0. The fraction of sp³-hybridized carbons (Fsp3) is 0.154. The summed E-state index contributed by atoms with van der Waals surface area (Å²) in [4.78, 5) is 6.16. The Morgan fingerprint density at radius 3 is 2.39 bits per heavy atom.